The van der Waals surface area contributed by atoms with Crippen molar-refractivity contribution in [3.63, 3.8) is 0 Å². The molecule has 1 saturated heterocycles. The molecule has 1 amide bonds. The molecular weight excluding hydrogens is 336 g/mol. The van der Waals surface area contributed by atoms with Crippen LogP contribution in [0.2, 0.25) is 0 Å². The largest absolute Gasteiger partial charge is 0.355 e. The fraction of sp³-hybridized carbons (Fsp3) is 0.294. The second-order valence-corrected chi connectivity index (χ2v) is 6.94. The lowest BCUT2D eigenvalue weighted by molar-refractivity contribution is -0.125. The predicted octanol–water partition coefficient (Wildman–Crippen LogP) is 1.52. The van der Waals surface area contributed by atoms with Gasteiger partial charge >= 0.3 is 0 Å². The van der Waals surface area contributed by atoms with Crippen molar-refractivity contribution in [2.45, 2.75) is 6.42 Å². The van der Waals surface area contributed by atoms with Gasteiger partial charge in [-0.3, -0.25) is 4.79 Å². The maximum atomic E-state index is 12.2. The molecular formula is C17H18N6OS. The number of nitrogens with zero attached hydrogens (tertiary/aromatic N) is 5. The number of hydrogen-bond acceptors (Lipinski definition) is 6. The van der Waals surface area contributed by atoms with E-state index in [-0.39, 0.29) is 11.8 Å². The van der Waals surface area contributed by atoms with Crippen LogP contribution in [0, 0.1) is 5.92 Å². The highest BCUT2D eigenvalue weighted by molar-refractivity contribution is 7.09. The molecule has 3 aromatic heterocycles. The van der Waals surface area contributed by atoms with Crippen LogP contribution in [0.3, 0.4) is 0 Å². The molecule has 0 aromatic carbocycles. The van der Waals surface area contributed by atoms with Crippen LogP contribution >= 0.6 is 11.3 Å². The molecule has 0 bridgehead atoms. The van der Waals surface area contributed by atoms with E-state index in [2.05, 4.69) is 36.7 Å². The normalized spacial score (nSPS) is 14.3. The minimum atomic E-state index is 0.0199. The van der Waals surface area contributed by atoms with Gasteiger partial charge in [-0.25, -0.2) is 14.6 Å². The van der Waals surface area contributed by atoms with Gasteiger partial charge in [0.25, 0.3) is 0 Å². The van der Waals surface area contributed by atoms with Crippen molar-refractivity contribution in [1.82, 2.24) is 25.1 Å². The zero-order valence-corrected chi connectivity index (χ0v) is 14.4. The van der Waals surface area contributed by atoms with Gasteiger partial charge in [-0.05, 0) is 23.9 Å². The SMILES string of the molecule is O=C(NCCc1cccs1)C1CN(c2cc(-n3cccn3)ncn2)C1. The molecule has 128 valence electrons. The Labute approximate surface area is 149 Å². The van der Waals surface area contributed by atoms with Gasteiger partial charge in [0.2, 0.25) is 5.91 Å². The van der Waals surface area contributed by atoms with Gasteiger partial charge in [-0.2, -0.15) is 5.10 Å². The Hall–Kier alpha value is -2.74. The van der Waals surface area contributed by atoms with E-state index in [1.54, 1.807) is 22.2 Å². The Bertz CT molecular complexity index is 827. The standard InChI is InChI=1S/C17H18N6OS/c24-17(18-6-4-14-3-1-8-25-14)13-10-22(11-13)15-9-16(20-12-19-15)23-7-2-5-21-23/h1-3,5,7-9,12-13H,4,6,10-11H2,(H,18,24). The maximum Gasteiger partial charge on any atom is 0.226 e. The summed E-state index contributed by atoms with van der Waals surface area (Å²) in [5.41, 5.74) is 0. The van der Waals surface area contributed by atoms with Crippen LogP contribution < -0.4 is 10.2 Å². The van der Waals surface area contributed by atoms with Crippen molar-refractivity contribution < 1.29 is 4.79 Å². The van der Waals surface area contributed by atoms with Crippen molar-refractivity contribution in [1.29, 1.82) is 0 Å². The van der Waals surface area contributed by atoms with Gasteiger partial charge in [0.05, 0.1) is 5.92 Å². The number of nitrogens with one attached hydrogen (secondary N) is 1. The van der Waals surface area contributed by atoms with E-state index < -0.39 is 0 Å². The van der Waals surface area contributed by atoms with E-state index in [1.807, 2.05) is 24.4 Å². The lowest BCUT2D eigenvalue weighted by atomic mass is 9.99. The average Bonchev–Trinajstić information content (AvgIpc) is 3.28. The molecule has 1 aliphatic rings. The maximum absolute atomic E-state index is 12.2. The summed E-state index contributed by atoms with van der Waals surface area (Å²) >= 11 is 1.72. The van der Waals surface area contributed by atoms with E-state index in [1.165, 1.54) is 11.2 Å². The predicted molar refractivity (Wildman–Crippen MR) is 95.9 cm³/mol. The van der Waals surface area contributed by atoms with Crippen molar-refractivity contribution in [2.24, 2.45) is 5.92 Å². The minimum absolute atomic E-state index is 0.0199. The van der Waals surface area contributed by atoms with Gasteiger partial charge < -0.3 is 10.2 Å². The monoisotopic (exact) mass is 354 g/mol. The Kier molecular flexibility index (Phi) is 4.43. The van der Waals surface area contributed by atoms with Crippen LogP contribution in [0.5, 0.6) is 0 Å². The zero-order chi connectivity index (χ0) is 17.1. The number of amides is 1. The summed E-state index contributed by atoms with van der Waals surface area (Å²) in [5, 5.41) is 9.25. The number of carbonyl (C=O) groups excluding carboxylic acids is 1. The van der Waals surface area contributed by atoms with Gasteiger partial charge in [0, 0.05) is 43.0 Å². The highest BCUT2D eigenvalue weighted by Gasteiger charge is 2.33. The molecule has 7 nitrogen and oxygen atoms in total. The molecule has 0 spiro atoms. The fourth-order valence-corrected chi connectivity index (χ4v) is 3.49. The number of anilines is 1. The zero-order valence-electron chi connectivity index (χ0n) is 13.6. The lowest BCUT2D eigenvalue weighted by Crippen LogP contribution is -2.54. The number of aromatic nitrogens is 4. The minimum Gasteiger partial charge on any atom is -0.355 e. The highest BCUT2D eigenvalue weighted by Crippen LogP contribution is 2.23. The third kappa shape index (κ3) is 3.53. The topological polar surface area (TPSA) is 75.9 Å². The van der Waals surface area contributed by atoms with Crippen LogP contribution in [0.4, 0.5) is 5.82 Å². The highest BCUT2D eigenvalue weighted by atomic mass is 32.1. The number of carbonyl (C=O) groups is 1. The van der Waals surface area contributed by atoms with Gasteiger partial charge in [-0.15, -0.1) is 11.3 Å². The Balaban J connectivity index is 1.28. The molecule has 4 rings (SSSR count). The third-order valence-corrected chi connectivity index (χ3v) is 5.14. The van der Waals surface area contributed by atoms with E-state index in [0.29, 0.717) is 19.6 Å². The van der Waals surface area contributed by atoms with Crippen molar-refractivity contribution in [3.05, 3.63) is 53.2 Å². The fourth-order valence-electron chi connectivity index (χ4n) is 2.78. The molecule has 0 unspecified atom stereocenters. The van der Waals surface area contributed by atoms with Crippen LogP contribution in [0.25, 0.3) is 5.82 Å². The molecule has 0 saturated carbocycles. The summed E-state index contributed by atoms with van der Waals surface area (Å²) < 4.78 is 1.69. The van der Waals surface area contributed by atoms with Crippen LogP contribution in [-0.2, 0) is 11.2 Å². The number of thiophene rings is 1. The molecule has 3 aromatic rings. The second-order valence-electron chi connectivity index (χ2n) is 5.91. The first-order chi connectivity index (χ1) is 12.3. The molecule has 1 N–H and O–H groups in total. The van der Waals surface area contributed by atoms with Gasteiger partial charge in [-0.1, -0.05) is 6.07 Å². The summed E-state index contributed by atoms with van der Waals surface area (Å²) in [5.74, 6) is 1.68. The smallest absolute Gasteiger partial charge is 0.226 e. The molecule has 4 heterocycles. The van der Waals surface area contributed by atoms with E-state index in [0.717, 1.165) is 18.1 Å². The second kappa shape index (κ2) is 7.02. The first kappa shape index (κ1) is 15.8. The van der Waals surface area contributed by atoms with E-state index in [4.69, 9.17) is 0 Å². The van der Waals surface area contributed by atoms with Gasteiger partial charge in [0.15, 0.2) is 5.82 Å². The van der Waals surface area contributed by atoms with Crippen LogP contribution in [-0.4, -0.2) is 45.3 Å². The first-order valence-corrected chi connectivity index (χ1v) is 9.04. The van der Waals surface area contributed by atoms with Crippen molar-refractivity contribution >= 4 is 23.1 Å². The first-order valence-electron chi connectivity index (χ1n) is 8.17. The number of hydrogen-bond donors (Lipinski definition) is 1. The quantitative estimate of drug-likeness (QED) is 0.726. The molecule has 0 aliphatic carbocycles. The molecule has 0 radical (unpaired) electrons. The third-order valence-electron chi connectivity index (χ3n) is 4.20. The summed E-state index contributed by atoms with van der Waals surface area (Å²) in [6.07, 6.45) is 5.97. The summed E-state index contributed by atoms with van der Waals surface area (Å²) in [6, 6.07) is 7.86. The summed E-state index contributed by atoms with van der Waals surface area (Å²) in [7, 11) is 0. The molecule has 1 aliphatic heterocycles. The van der Waals surface area contributed by atoms with Crippen molar-refractivity contribution in [2.75, 3.05) is 24.5 Å². The molecule has 0 atom stereocenters. The average molecular weight is 354 g/mol. The Morgan fingerprint density at radius 2 is 2.16 bits per heavy atom. The number of rotatable bonds is 6. The Morgan fingerprint density at radius 1 is 1.28 bits per heavy atom. The molecule has 1 fully saturated rings. The van der Waals surface area contributed by atoms with E-state index in [9.17, 15) is 4.79 Å². The van der Waals surface area contributed by atoms with Crippen molar-refractivity contribution in [3.8, 4) is 5.82 Å². The molecule has 8 heteroatoms. The van der Waals surface area contributed by atoms with E-state index >= 15 is 0 Å². The Morgan fingerprint density at radius 3 is 2.92 bits per heavy atom. The lowest BCUT2D eigenvalue weighted by Gasteiger charge is -2.39. The summed E-state index contributed by atoms with van der Waals surface area (Å²) in [4.78, 5) is 24.1. The van der Waals surface area contributed by atoms with Gasteiger partial charge in [0.1, 0.15) is 12.1 Å². The van der Waals surface area contributed by atoms with Crippen LogP contribution in [0.1, 0.15) is 4.88 Å². The van der Waals surface area contributed by atoms with Crippen LogP contribution in [0.15, 0.2) is 48.4 Å². The molecule has 25 heavy (non-hydrogen) atoms. The summed E-state index contributed by atoms with van der Waals surface area (Å²) in [6.45, 7) is 2.05.